The number of hydrogen-bond acceptors (Lipinski definition) is 4. The molecule has 3 aromatic rings. The molecular weight excluding hydrogens is 328 g/mol. The van der Waals surface area contributed by atoms with Crippen molar-refractivity contribution in [2.45, 2.75) is 19.2 Å². The Morgan fingerprint density at radius 2 is 2.12 bits per heavy atom. The van der Waals surface area contributed by atoms with Crippen LogP contribution in [0.15, 0.2) is 54.9 Å². The first-order valence-electron chi connectivity index (χ1n) is 8.87. The Bertz CT molecular complexity index is 899. The van der Waals surface area contributed by atoms with Gasteiger partial charge in [-0.3, -0.25) is 4.79 Å². The van der Waals surface area contributed by atoms with Crippen LogP contribution in [0.1, 0.15) is 11.1 Å². The Labute approximate surface area is 152 Å². The van der Waals surface area contributed by atoms with Crippen molar-refractivity contribution in [2.75, 3.05) is 19.7 Å². The topological polar surface area (TPSA) is 68.2 Å². The second kappa shape index (κ2) is 7.68. The number of amides is 1. The Morgan fingerprint density at radius 3 is 3.00 bits per heavy atom. The molecule has 2 aromatic carbocycles. The monoisotopic (exact) mass is 350 g/mol. The molecule has 1 unspecified atom stereocenters. The quantitative estimate of drug-likeness (QED) is 0.735. The highest BCUT2D eigenvalue weighted by molar-refractivity contribution is 5.81. The number of benzene rings is 2. The van der Waals surface area contributed by atoms with Crippen molar-refractivity contribution in [3.05, 3.63) is 66.0 Å². The van der Waals surface area contributed by atoms with Crippen LogP contribution < -0.4 is 10.6 Å². The van der Waals surface area contributed by atoms with Gasteiger partial charge >= 0.3 is 0 Å². The van der Waals surface area contributed by atoms with E-state index in [-0.39, 0.29) is 5.91 Å². The zero-order valence-corrected chi connectivity index (χ0v) is 14.5. The van der Waals surface area contributed by atoms with Crippen LogP contribution >= 0.6 is 0 Å². The summed E-state index contributed by atoms with van der Waals surface area (Å²) in [7, 11) is 0. The molecule has 1 fully saturated rings. The molecule has 2 heterocycles. The van der Waals surface area contributed by atoms with E-state index in [0.29, 0.717) is 19.7 Å². The van der Waals surface area contributed by atoms with Gasteiger partial charge < -0.3 is 19.9 Å². The number of carbonyl (C=O) groups is 1. The molecule has 4 rings (SSSR count). The highest BCUT2D eigenvalue weighted by Crippen LogP contribution is 2.15. The number of hydrogen-bond donors (Lipinski definition) is 2. The van der Waals surface area contributed by atoms with Crippen LogP contribution in [-0.4, -0.2) is 41.3 Å². The van der Waals surface area contributed by atoms with Crippen molar-refractivity contribution in [1.29, 1.82) is 0 Å². The number of imidazole rings is 1. The molecule has 0 saturated carbocycles. The molecule has 1 aromatic heterocycles. The van der Waals surface area contributed by atoms with Gasteiger partial charge in [0.15, 0.2) is 0 Å². The first-order chi connectivity index (χ1) is 12.8. The van der Waals surface area contributed by atoms with Crippen molar-refractivity contribution < 1.29 is 9.53 Å². The lowest BCUT2D eigenvalue weighted by Gasteiger charge is -2.22. The average Bonchev–Trinajstić information content (AvgIpc) is 3.10. The molecule has 134 valence electrons. The van der Waals surface area contributed by atoms with Crippen molar-refractivity contribution >= 4 is 16.9 Å². The van der Waals surface area contributed by atoms with Gasteiger partial charge in [-0.2, -0.15) is 0 Å². The molecule has 0 radical (unpaired) electrons. The smallest absolute Gasteiger partial charge is 0.250 e. The van der Waals surface area contributed by atoms with Crippen LogP contribution in [0.3, 0.4) is 0 Å². The maximum atomic E-state index is 12.2. The Balaban J connectivity index is 1.41. The normalized spacial score (nSPS) is 17.3. The SMILES string of the molecule is O=C(NCc1cccc(Cn2cnc3ccccc32)c1)C1CNCCO1. The third-order valence-corrected chi connectivity index (χ3v) is 4.56. The number of morpholine rings is 1. The highest BCUT2D eigenvalue weighted by Gasteiger charge is 2.21. The summed E-state index contributed by atoms with van der Waals surface area (Å²) in [5.74, 6) is -0.0665. The molecule has 1 atom stereocenters. The molecule has 1 amide bonds. The Hall–Kier alpha value is -2.70. The zero-order chi connectivity index (χ0) is 17.8. The van der Waals surface area contributed by atoms with E-state index in [1.165, 1.54) is 5.56 Å². The number of fused-ring (bicyclic) bond motifs is 1. The van der Waals surface area contributed by atoms with E-state index in [9.17, 15) is 4.79 Å². The maximum absolute atomic E-state index is 12.2. The van der Waals surface area contributed by atoms with E-state index in [2.05, 4.69) is 38.4 Å². The first-order valence-corrected chi connectivity index (χ1v) is 8.87. The van der Waals surface area contributed by atoms with Crippen molar-refractivity contribution in [3.8, 4) is 0 Å². The van der Waals surface area contributed by atoms with Crippen molar-refractivity contribution in [2.24, 2.45) is 0 Å². The minimum Gasteiger partial charge on any atom is -0.366 e. The highest BCUT2D eigenvalue weighted by atomic mass is 16.5. The van der Waals surface area contributed by atoms with Gasteiger partial charge in [0.1, 0.15) is 6.10 Å². The van der Waals surface area contributed by atoms with Crippen molar-refractivity contribution in [1.82, 2.24) is 20.2 Å². The predicted molar refractivity (Wildman–Crippen MR) is 99.7 cm³/mol. The first kappa shape index (κ1) is 16.8. The second-order valence-electron chi connectivity index (χ2n) is 6.46. The van der Waals surface area contributed by atoms with E-state index in [0.717, 1.165) is 29.7 Å². The van der Waals surface area contributed by atoms with Gasteiger partial charge in [-0.05, 0) is 23.3 Å². The summed E-state index contributed by atoms with van der Waals surface area (Å²) in [5.41, 5.74) is 4.37. The summed E-state index contributed by atoms with van der Waals surface area (Å²) < 4.78 is 7.61. The number of nitrogens with one attached hydrogen (secondary N) is 2. The van der Waals surface area contributed by atoms with E-state index in [4.69, 9.17) is 4.74 Å². The number of aromatic nitrogens is 2. The van der Waals surface area contributed by atoms with Gasteiger partial charge in [0.25, 0.3) is 5.91 Å². The van der Waals surface area contributed by atoms with Gasteiger partial charge in [0.2, 0.25) is 0 Å². The van der Waals surface area contributed by atoms with Gasteiger partial charge in [0.05, 0.1) is 24.0 Å². The van der Waals surface area contributed by atoms with Crippen LogP contribution in [-0.2, 0) is 22.6 Å². The molecule has 26 heavy (non-hydrogen) atoms. The lowest BCUT2D eigenvalue weighted by molar-refractivity contribution is -0.134. The zero-order valence-electron chi connectivity index (χ0n) is 14.5. The summed E-state index contributed by atoms with van der Waals surface area (Å²) in [6.45, 7) is 3.19. The van der Waals surface area contributed by atoms with Crippen LogP contribution in [0.4, 0.5) is 0 Å². The van der Waals surface area contributed by atoms with E-state index in [1.54, 1.807) is 0 Å². The second-order valence-corrected chi connectivity index (χ2v) is 6.46. The summed E-state index contributed by atoms with van der Waals surface area (Å²) in [6, 6.07) is 16.4. The molecule has 2 N–H and O–H groups in total. The molecule has 1 aliphatic heterocycles. The van der Waals surface area contributed by atoms with E-state index < -0.39 is 6.10 Å². The molecule has 1 aliphatic rings. The lowest BCUT2D eigenvalue weighted by atomic mass is 10.1. The summed E-state index contributed by atoms with van der Waals surface area (Å²) in [5, 5.41) is 6.13. The minimum absolute atomic E-state index is 0.0665. The molecule has 1 saturated heterocycles. The molecule has 0 bridgehead atoms. The number of nitrogens with zero attached hydrogens (tertiary/aromatic N) is 2. The average molecular weight is 350 g/mol. The van der Waals surface area contributed by atoms with Crippen LogP contribution in [0.25, 0.3) is 11.0 Å². The predicted octanol–water partition coefficient (Wildman–Crippen LogP) is 1.69. The van der Waals surface area contributed by atoms with Crippen LogP contribution in [0.5, 0.6) is 0 Å². The minimum atomic E-state index is -0.399. The van der Waals surface area contributed by atoms with E-state index >= 15 is 0 Å². The standard InChI is InChI=1S/C20H22N4O2/c25-20(19-12-21-8-9-26-19)22-11-15-4-3-5-16(10-15)13-24-14-23-17-6-1-2-7-18(17)24/h1-7,10,14,19,21H,8-9,11-13H2,(H,22,25). The number of ether oxygens (including phenoxy) is 1. The third-order valence-electron chi connectivity index (χ3n) is 4.56. The van der Waals surface area contributed by atoms with Gasteiger partial charge in [-0.1, -0.05) is 36.4 Å². The Morgan fingerprint density at radius 1 is 1.23 bits per heavy atom. The summed E-state index contributed by atoms with van der Waals surface area (Å²) in [6.07, 6.45) is 1.47. The summed E-state index contributed by atoms with van der Waals surface area (Å²) >= 11 is 0. The molecule has 6 nitrogen and oxygen atoms in total. The lowest BCUT2D eigenvalue weighted by Crippen LogP contribution is -2.47. The number of carbonyl (C=O) groups excluding carboxylic acids is 1. The molecular formula is C20H22N4O2. The number of para-hydroxylation sites is 2. The largest absolute Gasteiger partial charge is 0.366 e. The molecule has 0 aliphatic carbocycles. The third kappa shape index (κ3) is 3.76. The number of rotatable bonds is 5. The molecule has 6 heteroatoms. The van der Waals surface area contributed by atoms with Crippen molar-refractivity contribution in [3.63, 3.8) is 0 Å². The van der Waals surface area contributed by atoms with Crippen LogP contribution in [0.2, 0.25) is 0 Å². The fourth-order valence-electron chi connectivity index (χ4n) is 3.21. The van der Waals surface area contributed by atoms with Gasteiger partial charge in [-0.15, -0.1) is 0 Å². The Kier molecular flexibility index (Phi) is 4.95. The maximum Gasteiger partial charge on any atom is 0.250 e. The van der Waals surface area contributed by atoms with Gasteiger partial charge in [0, 0.05) is 26.2 Å². The fourth-order valence-corrected chi connectivity index (χ4v) is 3.21. The van der Waals surface area contributed by atoms with Crippen LogP contribution in [0, 0.1) is 0 Å². The molecule has 0 spiro atoms. The van der Waals surface area contributed by atoms with Gasteiger partial charge in [-0.25, -0.2) is 4.98 Å². The fraction of sp³-hybridized carbons (Fsp3) is 0.300. The summed E-state index contributed by atoms with van der Waals surface area (Å²) in [4.78, 5) is 16.6. The van der Waals surface area contributed by atoms with E-state index in [1.807, 2.05) is 36.7 Å².